The van der Waals surface area contributed by atoms with Gasteiger partial charge in [-0.15, -0.1) is 0 Å². The van der Waals surface area contributed by atoms with Crippen LogP contribution >= 0.6 is 0 Å². The molecule has 1 aliphatic rings. The van der Waals surface area contributed by atoms with E-state index in [1.807, 2.05) is 64.1 Å². The Morgan fingerprint density at radius 1 is 0.889 bits per heavy atom. The summed E-state index contributed by atoms with van der Waals surface area (Å²) in [7, 11) is 0. The Kier molecular flexibility index (Phi) is 5.07. The minimum atomic E-state index is -0.0468. The van der Waals surface area contributed by atoms with E-state index < -0.39 is 0 Å². The van der Waals surface area contributed by atoms with Crippen LogP contribution in [-0.4, -0.2) is 58.0 Å². The summed E-state index contributed by atoms with van der Waals surface area (Å²) in [5, 5.41) is 0. The zero-order valence-corrected chi connectivity index (χ0v) is 15.3. The molecule has 1 amide bonds. The molecule has 1 N–H and O–H groups in total. The number of benzene rings is 2. The van der Waals surface area contributed by atoms with Gasteiger partial charge in [-0.25, -0.2) is 4.79 Å². The Balaban J connectivity index is 1.28. The maximum absolute atomic E-state index is 12.5. The van der Waals surface area contributed by atoms with Crippen molar-refractivity contribution in [1.29, 1.82) is 0 Å². The number of hydrogen-bond donors (Lipinski definition) is 1. The lowest BCUT2D eigenvalue weighted by Crippen LogP contribution is -2.49. The van der Waals surface area contributed by atoms with Crippen LogP contribution in [0.25, 0.3) is 11.0 Å². The van der Waals surface area contributed by atoms with E-state index in [1.165, 1.54) is 0 Å². The van der Waals surface area contributed by atoms with Crippen molar-refractivity contribution in [2.24, 2.45) is 0 Å². The topological polar surface area (TPSA) is 61.3 Å². The maximum atomic E-state index is 12.5. The second-order valence-electron chi connectivity index (χ2n) is 6.95. The Morgan fingerprint density at radius 3 is 2.37 bits per heavy atom. The lowest BCUT2D eigenvalue weighted by molar-refractivity contribution is 0.0634. The first-order valence-electron chi connectivity index (χ1n) is 9.46. The number of aromatic amines is 1. The Hall–Kier alpha value is -2.86. The molecule has 27 heavy (non-hydrogen) atoms. The van der Waals surface area contributed by atoms with Gasteiger partial charge in [0.1, 0.15) is 0 Å². The van der Waals surface area contributed by atoms with Crippen LogP contribution in [0.4, 0.5) is 0 Å². The van der Waals surface area contributed by atoms with E-state index in [-0.39, 0.29) is 11.6 Å². The number of nitrogens with one attached hydrogen (secondary N) is 1. The van der Waals surface area contributed by atoms with Gasteiger partial charge in [0.05, 0.1) is 11.0 Å². The number of para-hydroxylation sites is 2. The van der Waals surface area contributed by atoms with Gasteiger partial charge in [0.25, 0.3) is 5.91 Å². The molecule has 0 bridgehead atoms. The van der Waals surface area contributed by atoms with Crippen molar-refractivity contribution in [1.82, 2.24) is 19.4 Å². The number of carbonyl (C=O) groups is 1. The predicted octanol–water partition coefficient (Wildman–Crippen LogP) is 2.18. The molecule has 0 spiro atoms. The fraction of sp³-hybridized carbons (Fsp3) is 0.333. The summed E-state index contributed by atoms with van der Waals surface area (Å²) >= 11 is 0. The van der Waals surface area contributed by atoms with Gasteiger partial charge in [0.15, 0.2) is 0 Å². The molecule has 140 valence electrons. The summed E-state index contributed by atoms with van der Waals surface area (Å²) in [5.41, 5.74) is 2.55. The number of hydrogen-bond acceptors (Lipinski definition) is 3. The second kappa shape index (κ2) is 7.80. The third-order valence-electron chi connectivity index (χ3n) is 5.22. The van der Waals surface area contributed by atoms with Gasteiger partial charge in [-0.2, -0.15) is 0 Å². The van der Waals surface area contributed by atoms with Gasteiger partial charge in [-0.1, -0.05) is 30.3 Å². The first kappa shape index (κ1) is 17.5. The van der Waals surface area contributed by atoms with Crippen molar-refractivity contribution in [3.63, 3.8) is 0 Å². The number of aryl methyl sites for hydroxylation is 1. The summed E-state index contributed by atoms with van der Waals surface area (Å²) in [6, 6.07) is 17.2. The summed E-state index contributed by atoms with van der Waals surface area (Å²) in [4.78, 5) is 31.8. The summed E-state index contributed by atoms with van der Waals surface area (Å²) < 4.78 is 1.81. The van der Waals surface area contributed by atoms with Gasteiger partial charge in [-0.05, 0) is 37.2 Å². The minimum Gasteiger partial charge on any atom is -0.336 e. The van der Waals surface area contributed by atoms with E-state index in [1.54, 1.807) is 0 Å². The molecule has 0 unspecified atom stereocenters. The van der Waals surface area contributed by atoms with Gasteiger partial charge >= 0.3 is 5.69 Å². The average molecular weight is 364 g/mol. The van der Waals surface area contributed by atoms with E-state index >= 15 is 0 Å². The summed E-state index contributed by atoms with van der Waals surface area (Å²) in [6.45, 7) is 4.88. The fourth-order valence-corrected chi connectivity index (χ4v) is 3.72. The highest BCUT2D eigenvalue weighted by Gasteiger charge is 2.21. The van der Waals surface area contributed by atoms with E-state index in [9.17, 15) is 9.59 Å². The van der Waals surface area contributed by atoms with Crippen LogP contribution in [0.15, 0.2) is 59.4 Å². The summed E-state index contributed by atoms with van der Waals surface area (Å²) in [6.07, 6.45) is 0.911. The Bertz CT molecular complexity index is 969. The molecule has 6 heteroatoms. The maximum Gasteiger partial charge on any atom is 0.326 e. The SMILES string of the molecule is O=C(c1ccccc1)N1CCN(CCCn2c(=O)[nH]c3ccccc32)CC1. The second-order valence-corrected chi connectivity index (χ2v) is 6.95. The molecule has 1 aromatic heterocycles. The lowest BCUT2D eigenvalue weighted by atomic mass is 10.2. The summed E-state index contributed by atoms with van der Waals surface area (Å²) in [5.74, 6) is 0.112. The molecule has 2 aromatic carbocycles. The first-order chi connectivity index (χ1) is 13.2. The lowest BCUT2D eigenvalue weighted by Gasteiger charge is -2.34. The first-order valence-corrected chi connectivity index (χ1v) is 9.46. The van der Waals surface area contributed by atoms with Gasteiger partial charge in [-0.3, -0.25) is 14.3 Å². The largest absolute Gasteiger partial charge is 0.336 e. The van der Waals surface area contributed by atoms with Crippen LogP contribution in [0.1, 0.15) is 16.8 Å². The fourth-order valence-electron chi connectivity index (χ4n) is 3.72. The molecule has 1 fully saturated rings. The number of H-pyrrole nitrogens is 1. The van der Waals surface area contributed by atoms with Crippen LogP contribution in [0.3, 0.4) is 0 Å². The van der Waals surface area contributed by atoms with Crippen LogP contribution in [0.5, 0.6) is 0 Å². The highest BCUT2D eigenvalue weighted by molar-refractivity contribution is 5.94. The van der Waals surface area contributed by atoms with Crippen molar-refractivity contribution < 1.29 is 4.79 Å². The van der Waals surface area contributed by atoms with E-state index in [2.05, 4.69) is 9.88 Å². The number of fused-ring (bicyclic) bond motifs is 1. The van der Waals surface area contributed by atoms with Crippen molar-refractivity contribution in [3.8, 4) is 0 Å². The zero-order valence-electron chi connectivity index (χ0n) is 15.3. The molecule has 1 saturated heterocycles. The van der Waals surface area contributed by atoms with E-state index in [0.717, 1.165) is 55.7 Å². The molecule has 0 atom stereocenters. The molecular formula is C21H24N4O2. The number of carbonyl (C=O) groups excluding carboxylic acids is 1. The van der Waals surface area contributed by atoms with E-state index in [0.29, 0.717) is 6.54 Å². The molecule has 1 aliphatic heterocycles. The number of rotatable bonds is 5. The van der Waals surface area contributed by atoms with E-state index in [4.69, 9.17) is 0 Å². The molecule has 2 heterocycles. The third kappa shape index (κ3) is 3.80. The smallest absolute Gasteiger partial charge is 0.326 e. The number of imidazole rings is 1. The standard InChI is InChI=1S/C21H24N4O2/c26-20(17-7-2-1-3-8-17)24-15-13-23(14-16-24)11-6-12-25-19-10-5-4-9-18(19)22-21(25)27/h1-5,7-10H,6,11-16H2,(H,22,27). The van der Waals surface area contributed by atoms with Crippen LogP contribution in [0.2, 0.25) is 0 Å². The molecule has 4 rings (SSSR count). The number of amides is 1. The van der Waals surface area contributed by atoms with Gasteiger partial charge in [0, 0.05) is 38.3 Å². The third-order valence-corrected chi connectivity index (χ3v) is 5.22. The number of aromatic nitrogens is 2. The highest BCUT2D eigenvalue weighted by Crippen LogP contribution is 2.11. The van der Waals surface area contributed by atoms with Crippen LogP contribution in [-0.2, 0) is 6.54 Å². The monoisotopic (exact) mass is 364 g/mol. The number of nitrogens with zero attached hydrogens (tertiary/aromatic N) is 3. The van der Waals surface area contributed by atoms with Crippen molar-refractivity contribution in [2.75, 3.05) is 32.7 Å². The average Bonchev–Trinajstić information content (AvgIpc) is 3.04. The van der Waals surface area contributed by atoms with Crippen molar-refractivity contribution in [2.45, 2.75) is 13.0 Å². The van der Waals surface area contributed by atoms with Crippen molar-refractivity contribution in [3.05, 3.63) is 70.6 Å². The van der Waals surface area contributed by atoms with Crippen LogP contribution < -0.4 is 5.69 Å². The highest BCUT2D eigenvalue weighted by atomic mass is 16.2. The number of piperazine rings is 1. The quantitative estimate of drug-likeness (QED) is 0.755. The molecule has 0 radical (unpaired) electrons. The molecular weight excluding hydrogens is 340 g/mol. The minimum absolute atomic E-state index is 0.0468. The Morgan fingerprint density at radius 2 is 1.59 bits per heavy atom. The molecule has 0 aliphatic carbocycles. The molecule has 3 aromatic rings. The van der Waals surface area contributed by atoms with Gasteiger partial charge < -0.3 is 9.88 Å². The van der Waals surface area contributed by atoms with Gasteiger partial charge in [0.2, 0.25) is 0 Å². The van der Waals surface area contributed by atoms with Crippen molar-refractivity contribution >= 4 is 16.9 Å². The Labute approximate surface area is 158 Å². The molecule has 6 nitrogen and oxygen atoms in total. The normalized spacial score (nSPS) is 15.3. The molecule has 0 saturated carbocycles. The predicted molar refractivity (Wildman–Crippen MR) is 106 cm³/mol. The van der Waals surface area contributed by atoms with Crippen LogP contribution in [0, 0.1) is 0 Å². The zero-order chi connectivity index (χ0) is 18.6.